The molecule has 2 atom stereocenters. The summed E-state index contributed by atoms with van der Waals surface area (Å²) in [6.45, 7) is 9.38. The van der Waals surface area contributed by atoms with E-state index >= 15 is 0 Å². The van der Waals surface area contributed by atoms with Gasteiger partial charge < -0.3 is 14.5 Å². The highest BCUT2D eigenvalue weighted by Gasteiger charge is 2.25. The number of hydrogen-bond acceptors (Lipinski definition) is 5. The predicted octanol–water partition coefficient (Wildman–Crippen LogP) is 3.36. The standard InChI is InChI=1S/C24H39N3O4S/c1-19-15-20(2)18-26(17-19)12-8-11-25-32(29,30)21-9-10-23(31-3)22(16-21)24(28)27-13-6-4-5-7-14-27/h9-10,16,19-20,25H,4-8,11-15,17-18H2,1-3H3/t19-,20+. The Morgan fingerprint density at radius 1 is 1.09 bits per heavy atom. The van der Waals surface area contributed by atoms with Crippen LogP contribution in [-0.2, 0) is 10.0 Å². The molecule has 0 unspecified atom stereocenters. The molecule has 1 N–H and O–H groups in total. The molecule has 2 fully saturated rings. The number of sulfonamides is 1. The van der Waals surface area contributed by atoms with Crippen LogP contribution >= 0.6 is 0 Å². The molecule has 3 rings (SSSR count). The van der Waals surface area contributed by atoms with Gasteiger partial charge >= 0.3 is 0 Å². The fraction of sp³-hybridized carbons (Fsp3) is 0.708. The fourth-order valence-corrected chi connectivity index (χ4v) is 6.13. The molecule has 0 spiro atoms. The van der Waals surface area contributed by atoms with Gasteiger partial charge in [0.2, 0.25) is 10.0 Å². The van der Waals surface area contributed by atoms with E-state index in [1.807, 2.05) is 4.90 Å². The van der Waals surface area contributed by atoms with Crippen LogP contribution in [0.5, 0.6) is 5.75 Å². The minimum atomic E-state index is -3.70. The molecular weight excluding hydrogens is 426 g/mol. The first-order chi connectivity index (χ1) is 15.3. The van der Waals surface area contributed by atoms with Crippen molar-refractivity contribution in [3.8, 4) is 5.75 Å². The summed E-state index contributed by atoms with van der Waals surface area (Å²) in [4.78, 5) is 17.5. The number of methoxy groups -OCH3 is 1. The van der Waals surface area contributed by atoms with Gasteiger partial charge in [0.05, 0.1) is 17.6 Å². The van der Waals surface area contributed by atoms with E-state index in [4.69, 9.17) is 4.74 Å². The van der Waals surface area contributed by atoms with Crippen LogP contribution in [0.1, 0.15) is 62.7 Å². The maximum Gasteiger partial charge on any atom is 0.257 e. The number of nitrogens with one attached hydrogen (secondary N) is 1. The van der Waals surface area contributed by atoms with Crippen molar-refractivity contribution in [1.29, 1.82) is 0 Å². The second kappa shape index (κ2) is 11.5. The van der Waals surface area contributed by atoms with Crippen LogP contribution in [-0.4, -0.2) is 70.5 Å². The van der Waals surface area contributed by atoms with Gasteiger partial charge in [0.25, 0.3) is 5.91 Å². The summed E-state index contributed by atoms with van der Waals surface area (Å²) in [5.41, 5.74) is 0.313. The summed E-state index contributed by atoms with van der Waals surface area (Å²) in [6, 6.07) is 4.55. The maximum atomic E-state index is 13.1. The number of carbonyl (C=O) groups excluding carboxylic acids is 1. The van der Waals surface area contributed by atoms with Gasteiger partial charge in [-0.05, 0) is 62.3 Å². The minimum Gasteiger partial charge on any atom is -0.496 e. The van der Waals surface area contributed by atoms with Crippen molar-refractivity contribution in [1.82, 2.24) is 14.5 Å². The fourth-order valence-electron chi connectivity index (χ4n) is 5.03. The summed E-state index contributed by atoms with van der Waals surface area (Å²) >= 11 is 0. The SMILES string of the molecule is COc1ccc(S(=O)(=O)NCCCN2C[C@H](C)C[C@H](C)C2)cc1C(=O)N1CCCCCC1. The summed E-state index contributed by atoms with van der Waals surface area (Å²) in [5, 5.41) is 0. The summed E-state index contributed by atoms with van der Waals surface area (Å²) in [7, 11) is -2.20. The number of amides is 1. The minimum absolute atomic E-state index is 0.108. The number of rotatable bonds is 8. The number of nitrogens with zero attached hydrogens (tertiary/aromatic N) is 2. The molecule has 8 heteroatoms. The van der Waals surface area contributed by atoms with Gasteiger partial charge in [0.1, 0.15) is 5.75 Å². The van der Waals surface area contributed by atoms with E-state index in [1.54, 1.807) is 6.07 Å². The van der Waals surface area contributed by atoms with E-state index in [0.29, 0.717) is 42.8 Å². The quantitative estimate of drug-likeness (QED) is 0.596. The third-order valence-electron chi connectivity index (χ3n) is 6.49. The maximum absolute atomic E-state index is 13.1. The predicted molar refractivity (Wildman–Crippen MR) is 127 cm³/mol. The Balaban J connectivity index is 1.63. The van der Waals surface area contributed by atoms with Gasteiger partial charge in [-0.15, -0.1) is 0 Å². The van der Waals surface area contributed by atoms with E-state index in [1.165, 1.54) is 25.7 Å². The largest absolute Gasteiger partial charge is 0.496 e. The Labute approximate surface area is 193 Å². The molecule has 1 aromatic carbocycles. The summed E-state index contributed by atoms with van der Waals surface area (Å²) in [5.74, 6) is 1.63. The molecule has 2 heterocycles. The lowest BCUT2D eigenvalue weighted by Gasteiger charge is -2.34. The average Bonchev–Trinajstić information content (AvgIpc) is 3.05. The lowest BCUT2D eigenvalue weighted by atomic mass is 9.92. The van der Waals surface area contributed by atoms with E-state index in [2.05, 4.69) is 23.5 Å². The molecule has 0 radical (unpaired) electrons. The Kier molecular flexibility index (Phi) is 8.96. The summed E-state index contributed by atoms with van der Waals surface area (Å²) < 4.78 is 33.9. The molecule has 0 aliphatic carbocycles. The van der Waals surface area contributed by atoms with Crippen molar-refractivity contribution in [3.63, 3.8) is 0 Å². The number of piperidine rings is 1. The molecule has 2 saturated heterocycles. The van der Waals surface area contributed by atoms with E-state index in [-0.39, 0.29) is 10.8 Å². The highest BCUT2D eigenvalue weighted by molar-refractivity contribution is 7.89. The highest BCUT2D eigenvalue weighted by atomic mass is 32.2. The first-order valence-corrected chi connectivity index (χ1v) is 13.5. The van der Waals surface area contributed by atoms with Crippen molar-refractivity contribution in [2.45, 2.75) is 57.3 Å². The third-order valence-corrected chi connectivity index (χ3v) is 7.95. The molecule has 1 aromatic rings. The van der Waals surface area contributed by atoms with Gasteiger partial charge in [-0.25, -0.2) is 13.1 Å². The van der Waals surface area contributed by atoms with Crippen LogP contribution in [0, 0.1) is 11.8 Å². The van der Waals surface area contributed by atoms with Crippen LogP contribution in [0.2, 0.25) is 0 Å². The molecule has 0 bridgehead atoms. The molecule has 7 nitrogen and oxygen atoms in total. The van der Waals surface area contributed by atoms with Crippen LogP contribution in [0.15, 0.2) is 23.1 Å². The van der Waals surface area contributed by atoms with Crippen molar-refractivity contribution in [2.75, 3.05) is 46.4 Å². The van der Waals surface area contributed by atoms with Gasteiger partial charge in [-0.1, -0.05) is 26.7 Å². The van der Waals surface area contributed by atoms with Gasteiger partial charge in [0, 0.05) is 32.7 Å². The van der Waals surface area contributed by atoms with E-state index in [9.17, 15) is 13.2 Å². The van der Waals surface area contributed by atoms with Crippen LogP contribution < -0.4 is 9.46 Å². The third kappa shape index (κ3) is 6.68. The van der Waals surface area contributed by atoms with Crippen molar-refractivity contribution in [3.05, 3.63) is 23.8 Å². The topological polar surface area (TPSA) is 79.0 Å². The molecule has 1 amide bonds. The first kappa shape index (κ1) is 25.0. The zero-order chi connectivity index (χ0) is 23.1. The molecular formula is C24H39N3O4S. The summed E-state index contributed by atoms with van der Waals surface area (Å²) in [6.07, 6.45) is 6.21. The van der Waals surface area contributed by atoms with Crippen molar-refractivity contribution in [2.24, 2.45) is 11.8 Å². The van der Waals surface area contributed by atoms with Crippen LogP contribution in [0.3, 0.4) is 0 Å². The lowest BCUT2D eigenvalue weighted by Crippen LogP contribution is -2.40. The first-order valence-electron chi connectivity index (χ1n) is 12.0. The molecule has 2 aliphatic rings. The molecule has 2 aliphatic heterocycles. The second-order valence-corrected chi connectivity index (χ2v) is 11.3. The average molecular weight is 466 g/mol. The zero-order valence-corrected chi connectivity index (χ0v) is 20.6. The molecule has 180 valence electrons. The highest BCUT2D eigenvalue weighted by Crippen LogP contribution is 2.25. The molecule has 0 aromatic heterocycles. The Morgan fingerprint density at radius 2 is 1.75 bits per heavy atom. The van der Waals surface area contributed by atoms with Crippen LogP contribution in [0.4, 0.5) is 0 Å². The normalized spacial score (nSPS) is 23.0. The molecule has 0 saturated carbocycles. The van der Waals surface area contributed by atoms with Gasteiger partial charge in [0.15, 0.2) is 0 Å². The Morgan fingerprint density at radius 3 is 2.38 bits per heavy atom. The zero-order valence-electron chi connectivity index (χ0n) is 19.8. The Hall–Kier alpha value is -1.64. The number of carbonyl (C=O) groups is 1. The van der Waals surface area contributed by atoms with Crippen LogP contribution in [0.25, 0.3) is 0 Å². The lowest BCUT2D eigenvalue weighted by molar-refractivity contribution is 0.0758. The monoisotopic (exact) mass is 465 g/mol. The smallest absolute Gasteiger partial charge is 0.257 e. The number of hydrogen-bond donors (Lipinski definition) is 1. The van der Waals surface area contributed by atoms with Gasteiger partial charge in [-0.3, -0.25) is 4.79 Å². The second-order valence-electron chi connectivity index (χ2n) is 9.53. The van der Waals surface area contributed by atoms with Crippen molar-refractivity contribution < 1.29 is 17.9 Å². The van der Waals surface area contributed by atoms with Crippen molar-refractivity contribution >= 4 is 15.9 Å². The van der Waals surface area contributed by atoms with E-state index in [0.717, 1.165) is 51.7 Å². The molecule has 32 heavy (non-hydrogen) atoms. The number of likely N-dealkylation sites (tertiary alicyclic amines) is 2. The van der Waals surface area contributed by atoms with E-state index < -0.39 is 10.0 Å². The number of ether oxygens (including phenoxy) is 1. The number of benzene rings is 1. The Bertz CT molecular complexity index is 856. The van der Waals surface area contributed by atoms with Gasteiger partial charge in [-0.2, -0.15) is 0 Å².